The van der Waals surface area contributed by atoms with Crippen LogP contribution in [0.2, 0.25) is 0 Å². The smallest absolute Gasteiger partial charge is 0.0725 e. The second kappa shape index (κ2) is 2.80. The lowest BCUT2D eigenvalue weighted by molar-refractivity contribution is 0.198. The van der Waals surface area contributed by atoms with Crippen LogP contribution < -0.4 is 0 Å². The fraction of sp³-hybridized carbons (Fsp3) is 0.556. The zero-order chi connectivity index (χ0) is 7.68. The second-order valence-electron chi connectivity index (χ2n) is 3.00. The predicted molar refractivity (Wildman–Crippen MR) is 42.4 cm³/mol. The van der Waals surface area contributed by atoms with Gasteiger partial charge in [-0.3, -0.25) is 0 Å². The molecule has 0 aromatic carbocycles. The number of hydrogen-bond acceptors (Lipinski definition) is 2. The lowest BCUT2D eigenvalue weighted by Crippen LogP contribution is -1.95. The fourth-order valence-electron chi connectivity index (χ4n) is 1.48. The van der Waals surface area contributed by atoms with E-state index in [0.717, 1.165) is 26.4 Å². The number of rotatable bonds is 1. The third kappa shape index (κ3) is 1.24. The number of hydrogen-bond donors (Lipinski definition) is 0. The van der Waals surface area contributed by atoms with Crippen LogP contribution in [-0.4, -0.2) is 26.4 Å². The standard InChI is InChI=1S/C9H12O2/c1-7-4-11-6-9(7)8-2-3-10-5-8/h2H,3-6H2,1H3. The van der Waals surface area contributed by atoms with Crippen molar-refractivity contribution in [1.29, 1.82) is 0 Å². The van der Waals surface area contributed by atoms with Crippen molar-refractivity contribution in [3.05, 3.63) is 22.8 Å². The third-order valence-electron chi connectivity index (χ3n) is 2.17. The quantitative estimate of drug-likeness (QED) is 0.563. The van der Waals surface area contributed by atoms with E-state index in [9.17, 15) is 0 Å². The predicted octanol–water partition coefficient (Wildman–Crippen LogP) is 1.29. The Labute approximate surface area is 66.5 Å². The van der Waals surface area contributed by atoms with Crippen LogP contribution in [0.4, 0.5) is 0 Å². The van der Waals surface area contributed by atoms with Crippen molar-refractivity contribution >= 4 is 0 Å². The van der Waals surface area contributed by atoms with Crippen molar-refractivity contribution in [1.82, 2.24) is 0 Å². The van der Waals surface area contributed by atoms with Gasteiger partial charge in [0.1, 0.15) is 0 Å². The third-order valence-corrected chi connectivity index (χ3v) is 2.17. The van der Waals surface area contributed by atoms with Gasteiger partial charge in [-0.15, -0.1) is 0 Å². The second-order valence-corrected chi connectivity index (χ2v) is 3.00. The minimum atomic E-state index is 0.770. The maximum atomic E-state index is 5.31. The Morgan fingerprint density at radius 1 is 1.18 bits per heavy atom. The highest BCUT2D eigenvalue weighted by Crippen LogP contribution is 2.23. The summed E-state index contributed by atoms with van der Waals surface area (Å²) in [5.41, 5.74) is 4.06. The Kier molecular flexibility index (Phi) is 1.80. The summed E-state index contributed by atoms with van der Waals surface area (Å²) in [7, 11) is 0. The van der Waals surface area contributed by atoms with Crippen LogP contribution in [0.15, 0.2) is 22.8 Å². The van der Waals surface area contributed by atoms with Gasteiger partial charge in [-0.1, -0.05) is 6.08 Å². The van der Waals surface area contributed by atoms with Gasteiger partial charge in [0, 0.05) is 0 Å². The van der Waals surface area contributed by atoms with E-state index in [0.29, 0.717) is 0 Å². The van der Waals surface area contributed by atoms with Crippen LogP contribution in [0, 0.1) is 0 Å². The lowest BCUT2D eigenvalue weighted by atomic mass is 10.1. The highest BCUT2D eigenvalue weighted by atomic mass is 16.5. The molecule has 2 heterocycles. The summed E-state index contributed by atoms with van der Waals surface area (Å²) in [5.74, 6) is 0. The summed E-state index contributed by atoms with van der Waals surface area (Å²) in [6.45, 7) is 5.25. The molecule has 11 heavy (non-hydrogen) atoms. The molecule has 2 nitrogen and oxygen atoms in total. The highest BCUT2D eigenvalue weighted by Gasteiger charge is 2.17. The molecule has 0 saturated heterocycles. The minimum absolute atomic E-state index is 0.770. The summed E-state index contributed by atoms with van der Waals surface area (Å²) < 4.78 is 10.5. The summed E-state index contributed by atoms with van der Waals surface area (Å²) in [6, 6.07) is 0. The molecular weight excluding hydrogens is 140 g/mol. The average Bonchev–Trinajstić information content (AvgIpc) is 2.55. The van der Waals surface area contributed by atoms with Gasteiger partial charge in [0.25, 0.3) is 0 Å². The average molecular weight is 152 g/mol. The van der Waals surface area contributed by atoms with Gasteiger partial charge in [0.05, 0.1) is 26.4 Å². The molecule has 60 valence electrons. The molecule has 2 aliphatic rings. The molecule has 0 spiro atoms. The zero-order valence-corrected chi connectivity index (χ0v) is 6.72. The Bertz CT molecular complexity index is 226. The van der Waals surface area contributed by atoms with Gasteiger partial charge in [-0.05, 0) is 23.6 Å². The Hall–Kier alpha value is -0.600. The Morgan fingerprint density at radius 2 is 2.09 bits per heavy atom. The van der Waals surface area contributed by atoms with Crippen LogP contribution in [0.1, 0.15) is 6.92 Å². The van der Waals surface area contributed by atoms with Gasteiger partial charge in [0.2, 0.25) is 0 Å². The molecule has 2 heteroatoms. The minimum Gasteiger partial charge on any atom is -0.373 e. The molecule has 0 aliphatic carbocycles. The summed E-state index contributed by atoms with van der Waals surface area (Å²) in [5, 5.41) is 0. The summed E-state index contributed by atoms with van der Waals surface area (Å²) >= 11 is 0. The van der Waals surface area contributed by atoms with Crippen molar-refractivity contribution in [3.8, 4) is 0 Å². The van der Waals surface area contributed by atoms with Crippen LogP contribution >= 0.6 is 0 Å². The van der Waals surface area contributed by atoms with Crippen molar-refractivity contribution in [3.63, 3.8) is 0 Å². The molecule has 0 bridgehead atoms. The molecule has 2 rings (SSSR count). The van der Waals surface area contributed by atoms with Crippen molar-refractivity contribution in [2.45, 2.75) is 6.92 Å². The molecule has 0 fully saturated rings. The van der Waals surface area contributed by atoms with E-state index in [1.807, 2.05) is 0 Å². The molecule has 0 amide bonds. The van der Waals surface area contributed by atoms with E-state index in [1.54, 1.807) is 0 Å². The maximum absolute atomic E-state index is 5.31. The van der Waals surface area contributed by atoms with Gasteiger partial charge >= 0.3 is 0 Å². The Morgan fingerprint density at radius 3 is 2.64 bits per heavy atom. The van der Waals surface area contributed by atoms with Gasteiger partial charge in [-0.25, -0.2) is 0 Å². The molecular formula is C9H12O2. The molecule has 0 saturated carbocycles. The number of ether oxygens (including phenoxy) is 2. The molecule has 0 aromatic rings. The molecule has 0 atom stereocenters. The highest BCUT2D eigenvalue weighted by molar-refractivity contribution is 5.39. The largest absolute Gasteiger partial charge is 0.373 e. The summed E-state index contributed by atoms with van der Waals surface area (Å²) in [4.78, 5) is 0. The van der Waals surface area contributed by atoms with Gasteiger partial charge < -0.3 is 9.47 Å². The van der Waals surface area contributed by atoms with Crippen LogP contribution in [0.25, 0.3) is 0 Å². The fourth-order valence-corrected chi connectivity index (χ4v) is 1.48. The topological polar surface area (TPSA) is 18.5 Å². The van der Waals surface area contributed by atoms with E-state index in [2.05, 4.69) is 13.0 Å². The van der Waals surface area contributed by atoms with E-state index in [4.69, 9.17) is 9.47 Å². The lowest BCUT2D eigenvalue weighted by Gasteiger charge is -2.01. The van der Waals surface area contributed by atoms with E-state index in [-0.39, 0.29) is 0 Å². The van der Waals surface area contributed by atoms with Gasteiger partial charge in [0.15, 0.2) is 0 Å². The van der Waals surface area contributed by atoms with Gasteiger partial charge in [-0.2, -0.15) is 0 Å². The molecule has 2 aliphatic heterocycles. The van der Waals surface area contributed by atoms with E-state index in [1.165, 1.54) is 16.7 Å². The zero-order valence-electron chi connectivity index (χ0n) is 6.72. The van der Waals surface area contributed by atoms with E-state index >= 15 is 0 Å². The monoisotopic (exact) mass is 152 g/mol. The maximum Gasteiger partial charge on any atom is 0.0725 e. The van der Waals surface area contributed by atoms with Crippen LogP contribution in [0.3, 0.4) is 0 Å². The molecule has 0 radical (unpaired) electrons. The van der Waals surface area contributed by atoms with Crippen molar-refractivity contribution < 1.29 is 9.47 Å². The first kappa shape index (κ1) is 7.07. The van der Waals surface area contributed by atoms with Crippen molar-refractivity contribution in [2.24, 2.45) is 0 Å². The summed E-state index contributed by atoms with van der Waals surface area (Å²) in [6.07, 6.45) is 2.15. The van der Waals surface area contributed by atoms with Crippen molar-refractivity contribution in [2.75, 3.05) is 26.4 Å². The molecule has 0 N–H and O–H groups in total. The molecule has 0 aromatic heterocycles. The first-order chi connectivity index (χ1) is 5.38. The Balaban J connectivity index is 2.20. The molecule has 0 unspecified atom stereocenters. The SMILES string of the molecule is CC1=C(C2=CCOC2)COC1. The van der Waals surface area contributed by atoms with Crippen LogP contribution in [0.5, 0.6) is 0 Å². The van der Waals surface area contributed by atoms with E-state index < -0.39 is 0 Å². The first-order valence-electron chi connectivity index (χ1n) is 3.91. The normalized spacial score (nSPS) is 24.6. The van der Waals surface area contributed by atoms with Crippen LogP contribution in [-0.2, 0) is 9.47 Å². The first-order valence-corrected chi connectivity index (χ1v) is 3.91.